The number of hydrogen-bond donors (Lipinski definition) is 2. The number of amides is 1. The first-order valence-electron chi connectivity index (χ1n) is 6.55. The summed E-state index contributed by atoms with van der Waals surface area (Å²) in [6, 6.07) is 4.26. The van der Waals surface area contributed by atoms with Gasteiger partial charge in [0.05, 0.1) is 5.69 Å². The molecule has 3 N–H and O–H groups in total. The maximum absolute atomic E-state index is 12.3. The minimum absolute atomic E-state index is 0.324. The molecule has 1 aliphatic heterocycles. The molecule has 0 saturated heterocycles. The van der Waals surface area contributed by atoms with Gasteiger partial charge in [0.2, 0.25) is 0 Å². The molecule has 0 radical (unpaired) electrons. The SMILES string of the molecule is CCC1Oc2cc(CN)ccc2N(C(C)C(=O)O)C1=O. The average molecular weight is 278 g/mol. The van der Waals surface area contributed by atoms with E-state index in [9.17, 15) is 14.7 Å². The Labute approximate surface area is 117 Å². The van der Waals surface area contributed by atoms with Crippen molar-refractivity contribution >= 4 is 17.6 Å². The number of aliphatic carboxylic acids is 1. The van der Waals surface area contributed by atoms with Crippen LogP contribution in [0.5, 0.6) is 5.75 Å². The number of nitrogens with zero attached hydrogens (tertiary/aromatic N) is 1. The molecule has 0 spiro atoms. The molecule has 0 aromatic heterocycles. The molecular formula is C14H18N2O4. The van der Waals surface area contributed by atoms with Crippen LogP contribution in [0.4, 0.5) is 5.69 Å². The summed E-state index contributed by atoms with van der Waals surface area (Å²) in [4.78, 5) is 24.8. The number of hydrogen-bond acceptors (Lipinski definition) is 4. The van der Waals surface area contributed by atoms with E-state index in [4.69, 9.17) is 10.5 Å². The first-order valence-corrected chi connectivity index (χ1v) is 6.55. The van der Waals surface area contributed by atoms with Gasteiger partial charge in [0.15, 0.2) is 6.10 Å². The Hall–Kier alpha value is -2.08. The van der Waals surface area contributed by atoms with E-state index in [1.165, 1.54) is 11.8 Å². The highest BCUT2D eigenvalue weighted by molar-refractivity contribution is 6.04. The number of carboxylic acids is 1. The molecule has 1 heterocycles. The fourth-order valence-electron chi connectivity index (χ4n) is 2.22. The predicted molar refractivity (Wildman–Crippen MR) is 73.6 cm³/mol. The van der Waals surface area contributed by atoms with Crippen LogP contribution in [0, 0.1) is 0 Å². The smallest absolute Gasteiger partial charge is 0.326 e. The van der Waals surface area contributed by atoms with Crippen molar-refractivity contribution in [3.05, 3.63) is 23.8 Å². The molecule has 1 aromatic carbocycles. The molecule has 0 bridgehead atoms. The number of anilines is 1. The molecular weight excluding hydrogens is 260 g/mol. The number of nitrogens with two attached hydrogens (primary N) is 1. The lowest BCUT2D eigenvalue weighted by atomic mass is 10.1. The second kappa shape index (κ2) is 5.50. The first-order chi connectivity index (χ1) is 9.49. The number of rotatable bonds is 4. The van der Waals surface area contributed by atoms with Crippen LogP contribution in [0.2, 0.25) is 0 Å². The standard InChI is InChI=1S/C14H18N2O4/c1-3-11-13(17)16(8(2)14(18)19)10-5-4-9(7-15)6-12(10)20-11/h4-6,8,11H,3,7,15H2,1-2H3,(H,18,19). The molecule has 0 saturated carbocycles. The van der Waals surface area contributed by atoms with Gasteiger partial charge in [0.25, 0.3) is 5.91 Å². The third-order valence-electron chi connectivity index (χ3n) is 3.42. The molecule has 108 valence electrons. The maximum Gasteiger partial charge on any atom is 0.326 e. The van der Waals surface area contributed by atoms with E-state index in [-0.39, 0.29) is 5.91 Å². The minimum atomic E-state index is -1.05. The normalized spacial score (nSPS) is 19.2. The zero-order valence-electron chi connectivity index (χ0n) is 11.5. The van der Waals surface area contributed by atoms with Gasteiger partial charge in [-0.05, 0) is 31.0 Å². The monoisotopic (exact) mass is 278 g/mol. The van der Waals surface area contributed by atoms with E-state index >= 15 is 0 Å². The molecule has 0 aliphatic carbocycles. The molecule has 2 unspecified atom stereocenters. The van der Waals surface area contributed by atoms with Crippen molar-refractivity contribution in [2.45, 2.75) is 39.0 Å². The highest BCUT2D eigenvalue weighted by atomic mass is 16.5. The third-order valence-corrected chi connectivity index (χ3v) is 3.42. The largest absolute Gasteiger partial charge is 0.480 e. The van der Waals surface area contributed by atoms with Crippen LogP contribution in [-0.2, 0) is 16.1 Å². The minimum Gasteiger partial charge on any atom is -0.480 e. The van der Waals surface area contributed by atoms with Gasteiger partial charge < -0.3 is 15.6 Å². The Morgan fingerprint density at radius 3 is 2.80 bits per heavy atom. The quantitative estimate of drug-likeness (QED) is 0.861. The summed E-state index contributed by atoms with van der Waals surface area (Å²) >= 11 is 0. The summed E-state index contributed by atoms with van der Waals surface area (Å²) in [7, 11) is 0. The molecule has 0 fully saturated rings. The number of carboxylic acid groups (broad SMARTS) is 1. The molecule has 2 atom stereocenters. The predicted octanol–water partition coefficient (Wildman–Crippen LogP) is 1.12. The zero-order chi connectivity index (χ0) is 14.9. The third kappa shape index (κ3) is 2.34. The highest BCUT2D eigenvalue weighted by Gasteiger charge is 2.38. The molecule has 6 heteroatoms. The van der Waals surface area contributed by atoms with Gasteiger partial charge in [-0.25, -0.2) is 4.79 Å². The van der Waals surface area contributed by atoms with Crippen molar-refractivity contribution < 1.29 is 19.4 Å². The van der Waals surface area contributed by atoms with Gasteiger partial charge >= 0.3 is 5.97 Å². The number of carbonyl (C=O) groups is 2. The lowest BCUT2D eigenvalue weighted by Gasteiger charge is -2.36. The van der Waals surface area contributed by atoms with Crippen molar-refractivity contribution in [1.29, 1.82) is 0 Å². The fourth-order valence-corrected chi connectivity index (χ4v) is 2.22. The lowest BCUT2D eigenvalue weighted by Crippen LogP contribution is -2.52. The van der Waals surface area contributed by atoms with Crippen molar-refractivity contribution in [3.8, 4) is 5.75 Å². The van der Waals surface area contributed by atoms with Crippen LogP contribution in [0.15, 0.2) is 18.2 Å². The van der Waals surface area contributed by atoms with Crippen molar-refractivity contribution in [2.24, 2.45) is 5.73 Å². The number of fused-ring (bicyclic) bond motifs is 1. The molecule has 6 nitrogen and oxygen atoms in total. The van der Waals surface area contributed by atoms with Gasteiger partial charge in [-0.15, -0.1) is 0 Å². The molecule has 20 heavy (non-hydrogen) atoms. The molecule has 2 rings (SSSR count). The summed E-state index contributed by atoms with van der Waals surface area (Å²) in [6.45, 7) is 3.67. The lowest BCUT2D eigenvalue weighted by molar-refractivity contribution is -0.140. The van der Waals surface area contributed by atoms with E-state index in [0.29, 0.717) is 24.4 Å². The maximum atomic E-state index is 12.3. The van der Waals surface area contributed by atoms with E-state index < -0.39 is 18.1 Å². The van der Waals surface area contributed by atoms with E-state index in [0.717, 1.165) is 5.56 Å². The van der Waals surface area contributed by atoms with E-state index in [1.54, 1.807) is 18.2 Å². The number of ether oxygens (including phenoxy) is 1. The Balaban J connectivity index is 2.50. The second-order valence-electron chi connectivity index (χ2n) is 4.74. The molecule has 1 aliphatic rings. The van der Waals surface area contributed by atoms with E-state index in [2.05, 4.69) is 0 Å². The Bertz CT molecular complexity index is 544. The van der Waals surface area contributed by atoms with E-state index in [1.807, 2.05) is 6.92 Å². The Morgan fingerprint density at radius 2 is 2.25 bits per heavy atom. The Morgan fingerprint density at radius 1 is 1.55 bits per heavy atom. The van der Waals surface area contributed by atoms with Crippen LogP contribution >= 0.6 is 0 Å². The summed E-state index contributed by atoms with van der Waals surface area (Å²) in [6.07, 6.45) is -0.175. The van der Waals surface area contributed by atoms with Crippen molar-refractivity contribution in [1.82, 2.24) is 0 Å². The first kappa shape index (κ1) is 14.3. The van der Waals surface area contributed by atoms with Crippen LogP contribution < -0.4 is 15.4 Å². The van der Waals surface area contributed by atoms with Gasteiger partial charge in [-0.2, -0.15) is 0 Å². The highest BCUT2D eigenvalue weighted by Crippen LogP contribution is 2.36. The topological polar surface area (TPSA) is 92.9 Å². The van der Waals surface area contributed by atoms with Gasteiger partial charge in [-0.1, -0.05) is 13.0 Å². The summed E-state index contributed by atoms with van der Waals surface area (Å²) < 4.78 is 5.66. The molecule has 1 aromatic rings. The summed E-state index contributed by atoms with van der Waals surface area (Å²) in [5.74, 6) is -0.869. The van der Waals surface area contributed by atoms with Gasteiger partial charge in [0.1, 0.15) is 11.8 Å². The van der Waals surface area contributed by atoms with Gasteiger partial charge in [0, 0.05) is 6.54 Å². The fraction of sp³-hybridized carbons (Fsp3) is 0.429. The van der Waals surface area contributed by atoms with Crippen LogP contribution in [-0.4, -0.2) is 29.1 Å². The molecule has 1 amide bonds. The van der Waals surface area contributed by atoms with Crippen molar-refractivity contribution in [2.75, 3.05) is 4.90 Å². The summed E-state index contributed by atoms with van der Waals surface area (Å²) in [5, 5.41) is 9.18. The van der Waals surface area contributed by atoms with Gasteiger partial charge in [-0.3, -0.25) is 9.69 Å². The van der Waals surface area contributed by atoms with Crippen LogP contribution in [0.25, 0.3) is 0 Å². The number of benzene rings is 1. The summed E-state index contributed by atoms with van der Waals surface area (Å²) in [5.41, 5.74) is 6.94. The Kier molecular flexibility index (Phi) is 3.94. The zero-order valence-corrected chi connectivity index (χ0v) is 11.5. The van der Waals surface area contributed by atoms with Crippen molar-refractivity contribution in [3.63, 3.8) is 0 Å². The average Bonchev–Trinajstić information content (AvgIpc) is 2.45. The number of carbonyl (C=O) groups excluding carboxylic acids is 1. The van der Waals surface area contributed by atoms with Crippen LogP contribution in [0.3, 0.4) is 0 Å². The van der Waals surface area contributed by atoms with Crippen LogP contribution in [0.1, 0.15) is 25.8 Å². The second-order valence-corrected chi connectivity index (χ2v) is 4.74.